The van der Waals surface area contributed by atoms with Gasteiger partial charge in [0.15, 0.2) is 5.82 Å². The standard InChI is InChI=1S/C19H20ClFN6O/c1-9(2)27-15-4-10(16-13(20)6-23-18(22)24-16)3-14(21)17(15)25-19(27)26-7-12-5-11(26)8-28-12/h3-4,6,9,11-12H,5,7-8H2,1-2H3,(H2,22,23,24)/t11-,12-/m0/s1. The largest absolute Gasteiger partial charge is 0.374 e. The Morgan fingerprint density at radius 2 is 2.14 bits per heavy atom. The summed E-state index contributed by atoms with van der Waals surface area (Å²) in [4.78, 5) is 15.0. The average Bonchev–Trinajstić information content (AvgIpc) is 3.36. The van der Waals surface area contributed by atoms with Crippen molar-refractivity contribution in [2.45, 2.75) is 38.5 Å². The van der Waals surface area contributed by atoms with E-state index in [0.717, 1.165) is 18.9 Å². The Balaban J connectivity index is 1.71. The van der Waals surface area contributed by atoms with Crippen molar-refractivity contribution in [2.24, 2.45) is 0 Å². The summed E-state index contributed by atoms with van der Waals surface area (Å²) in [5.74, 6) is 0.457. The number of imidazole rings is 1. The quantitative estimate of drug-likeness (QED) is 0.722. The summed E-state index contributed by atoms with van der Waals surface area (Å²) in [5.41, 5.74) is 7.70. The minimum atomic E-state index is -0.415. The molecule has 2 atom stereocenters. The van der Waals surface area contributed by atoms with Crippen molar-refractivity contribution in [3.63, 3.8) is 0 Å². The molecule has 7 nitrogen and oxygen atoms in total. The number of rotatable bonds is 3. The Morgan fingerprint density at radius 3 is 2.82 bits per heavy atom. The molecular formula is C19H20ClFN6O. The maximum Gasteiger partial charge on any atom is 0.220 e. The first-order valence-electron chi connectivity index (χ1n) is 9.30. The zero-order chi connectivity index (χ0) is 19.6. The Morgan fingerprint density at radius 1 is 1.32 bits per heavy atom. The van der Waals surface area contributed by atoms with Gasteiger partial charge in [0, 0.05) is 18.2 Å². The van der Waals surface area contributed by atoms with Gasteiger partial charge < -0.3 is 19.9 Å². The molecule has 1 aromatic carbocycles. The summed E-state index contributed by atoms with van der Waals surface area (Å²) >= 11 is 6.24. The number of morpholine rings is 1. The molecule has 2 N–H and O–H groups in total. The van der Waals surface area contributed by atoms with Crippen LogP contribution in [0.4, 0.5) is 16.3 Å². The van der Waals surface area contributed by atoms with Gasteiger partial charge in [-0.25, -0.2) is 19.3 Å². The summed E-state index contributed by atoms with van der Waals surface area (Å²) in [6, 6.07) is 3.66. The van der Waals surface area contributed by atoms with Crippen molar-refractivity contribution in [2.75, 3.05) is 23.8 Å². The molecule has 0 amide bonds. The first-order chi connectivity index (χ1) is 13.4. The monoisotopic (exact) mass is 402 g/mol. The highest BCUT2D eigenvalue weighted by Gasteiger charge is 2.41. The molecule has 2 fully saturated rings. The normalized spacial score (nSPS) is 21.4. The molecular weight excluding hydrogens is 383 g/mol. The second-order valence-corrected chi connectivity index (χ2v) is 8.03. The minimum absolute atomic E-state index is 0.0889. The van der Waals surface area contributed by atoms with Gasteiger partial charge in [0.25, 0.3) is 0 Å². The van der Waals surface area contributed by atoms with Gasteiger partial charge >= 0.3 is 0 Å². The molecule has 0 unspecified atom stereocenters. The maximum atomic E-state index is 15.1. The summed E-state index contributed by atoms with van der Waals surface area (Å²) in [5, 5.41) is 0.317. The number of benzene rings is 1. The average molecular weight is 403 g/mol. The minimum Gasteiger partial charge on any atom is -0.374 e. The van der Waals surface area contributed by atoms with Crippen molar-refractivity contribution in [1.82, 2.24) is 19.5 Å². The second kappa shape index (κ2) is 6.28. The number of ether oxygens (including phenoxy) is 1. The van der Waals surface area contributed by atoms with E-state index in [-0.39, 0.29) is 24.1 Å². The molecule has 2 bridgehead atoms. The van der Waals surface area contributed by atoms with Crippen LogP contribution in [0.3, 0.4) is 0 Å². The summed E-state index contributed by atoms with van der Waals surface area (Å²) in [6.45, 7) is 5.60. The molecule has 9 heteroatoms. The van der Waals surface area contributed by atoms with E-state index >= 15 is 4.39 Å². The molecule has 2 saturated heterocycles. The van der Waals surface area contributed by atoms with Gasteiger partial charge in [-0.05, 0) is 32.4 Å². The van der Waals surface area contributed by atoms with Gasteiger partial charge in [-0.3, -0.25) is 0 Å². The van der Waals surface area contributed by atoms with Crippen molar-refractivity contribution in [1.29, 1.82) is 0 Å². The van der Waals surface area contributed by atoms with E-state index in [1.165, 1.54) is 12.3 Å². The topological polar surface area (TPSA) is 82.1 Å². The van der Waals surface area contributed by atoms with Crippen LogP contribution in [-0.2, 0) is 4.74 Å². The van der Waals surface area contributed by atoms with Crippen molar-refractivity contribution in [3.8, 4) is 11.3 Å². The van der Waals surface area contributed by atoms with Gasteiger partial charge in [0.2, 0.25) is 11.9 Å². The molecule has 4 heterocycles. The van der Waals surface area contributed by atoms with Crippen LogP contribution >= 0.6 is 11.6 Å². The Bertz CT molecular complexity index is 1080. The molecule has 0 saturated carbocycles. The van der Waals surface area contributed by atoms with Crippen molar-refractivity contribution in [3.05, 3.63) is 29.2 Å². The Kier molecular flexibility index (Phi) is 3.96. The lowest BCUT2D eigenvalue weighted by Gasteiger charge is -2.29. The number of aromatic nitrogens is 4. The Hall–Kier alpha value is -2.45. The fraction of sp³-hybridized carbons (Fsp3) is 0.421. The lowest BCUT2D eigenvalue weighted by Crippen LogP contribution is -2.38. The van der Waals surface area contributed by atoms with Crippen LogP contribution in [0.15, 0.2) is 18.3 Å². The number of nitrogens with zero attached hydrogens (tertiary/aromatic N) is 5. The summed E-state index contributed by atoms with van der Waals surface area (Å²) in [7, 11) is 0. The molecule has 0 aliphatic carbocycles. The first kappa shape index (κ1) is 17.6. The first-order valence-corrected chi connectivity index (χ1v) is 9.68. The fourth-order valence-corrected chi connectivity index (χ4v) is 4.42. The van der Waals surface area contributed by atoms with E-state index in [2.05, 4.69) is 38.3 Å². The van der Waals surface area contributed by atoms with Crippen LogP contribution in [0.5, 0.6) is 0 Å². The van der Waals surface area contributed by atoms with Crippen LogP contribution in [0.2, 0.25) is 5.02 Å². The van der Waals surface area contributed by atoms with Gasteiger partial charge in [-0.15, -0.1) is 0 Å². The molecule has 0 spiro atoms. The highest BCUT2D eigenvalue weighted by atomic mass is 35.5. The van der Waals surface area contributed by atoms with E-state index in [1.54, 1.807) is 0 Å². The molecule has 5 rings (SSSR count). The van der Waals surface area contributed by atoms with E-state index < -0.39 is 5.82 Å². The third-order valence-electron chi connectivity index (χ3n) is 5.44. The fourth-order valence-electron chi connectivity index (χ4n) is 4.22. The molecule has 3 aromatic rings. The molecule has 28 heavy (non-hydrogen) atoms. The van der Waals surface area contributed by atoms with Crippen LogP contribution < -0.4 is 10.6 Å². The highest BCUT2D eigenvalue weighted by molar-refractivity contribution is 6.33. The lowest BCUT2D eigenvalue weighted by molar-refractivity contribution is 0.0983. The second-order valence-electron chi connectivity index (χ2n) is 7.62. The molecule has 2 aliphatic heterocycles. The summed E-state index contributed by atoms with van der Waals surface area (Å²) in [6.07, 6.45) is 2.65. The van der Waals surface area contributed by atoms with Crippen LogP contribution in [0, 0.1) is 5.82 Å². The highest BCUT2D eigenvalue weighted by Crippen LogP contribution is 2.38. The third-order valence-corrected chi connectivity index (χ3v) is 5.72. The molecule has 2 aromatic heterocycles. The SMILES string of the molecule is CC(C)n1c(N2C[C@@H]3C[C@H]2CO3)nc2c(F)cc(-c3nc(N)ncc3Cl)cc21. The van der Waals surface area contributed by atoms with E-state index in [0.29, 0.717) is 33.9 Å². The van der Waals surface area contributed by atoms with Gasteiger partial charge in [-0.1, -0.05) is 11.6 Å². The van der Waals surface area contributed by atoms with Crippen LogP contribution in [-0.4, -0.2) is 44.8 Å². The number of nitrogen functional groups attached to an aromatic ring is 1. The van der Waals surface area contributed by atoms with E-state index in [4.69, 9.17) is 22.1 Å². The zero-order valence-corrected chi connectivity index (χ0v) is 16.3. The predicted octanol–water partition coefficient (Wildman–Crippen LogP) is 3.43. The van der Waals surface area contributed by atoms with Gasteiger partial charge in [0.1, 0.15) is 5.52 Å². The molecule has 0 radical (unpaired) electrons. The number of hydrogen-bond donors (Lipinski definition) is 1. The Labute approximate surface area is 166 Å². The van der Waals surface area contributed by atoms with Crippen LogP contribution in [0.1, 0.15) is 26.3 Å². The van der Waals surface area contributed by atoms with E-state index in [9.17, 15) is 0 Å². The molecule has 2 aliphatic rings. The van der Waals surface area contributed by atoms with Crippen LogP contribution in [0.25, 0.3) is 22.3 Å². The number of fused-ring (bicyclic) bond motifs is 3. The third kappa shape index (κ3) is 2.62. The van der Waals surface area contributed by atoms with Gasteiger partial charge in [0.05, 0.1) is 41.2 Å². The van der Waals surface area contributed by atoms with E-state index in [1.807, 2.05) is 6.07 Å². The summed E-state index contributed by atoms with van der Waals surface area (Å²) < 4.78 is 22.8. The van der Waals surface area contributed by atoms with Gasteiger partial charge in [-0.2, -0.15) is 0 Å². The lowest BCUT2D eigenvalue weighted by atomic mass is 10.1. The number of nitrogens with two attached hydrogens (primary N) is 1. The number of halogens is 2. The zero-order valence-electron chi connectivity index (χ0n) is 15.6. The van der Waals surface area contributed by atoms with Crippen molar-refractivity contribution >= 4 is 34.5 Å². The predicted molar refractivity (Wildman–Crippen MR) is 106 cm³/mol. The number of anilines is 2. The number of hydrogen-bond acceptors (Lipinski definition) is 6. The smallest absolute Gasteiger partial charge is 0.220 e. The maximum absolute atomic E-state index is 15.1. The molecule has 146 valence electrons. The van der Waals surface area contributed by atoms with Crippen molar-refractivity contribution < 1.29 is 9.13 Å².